The lowest BCUT2D eigenvalue weighted by Crippen LogP contribution is -2.38. The number of rotatable bonds is 10. The van der Waals surface area contributed by atoms with Crippen molar-refractivity contribution in [1.29, 1.82) is 0 Å². The second-order valence-electron chi connectivity index (χ2n) is 5.21. The molecule has 4 heteroatoms. The van der Waals surface area contributed by atoms with Gasteiger partial charge in [-0.3, -0.25) is 0 Å². The van der Waals surface area contributed by atoms with Gasteiger partial charge in [0, 0.05) is 31.9 Å². The maximum atomic E-state index is 13.6. The van der Waals surface area contributed by atoms with Crippen LogP contribution >= 0.6 is 0 Å². The van der Waals surface area contributed by atoms with Crippen molar-refractivity contribution < 1.29 is 9.13 Å². The molecule has 1 N–H and O–H groups in total. The molecule has 0 aromatic heterocycles. The van der Waals surface area contributed by atoms with E-state index >= 15 is 0 Å². The second-order valence-corrected chi connectivity index (χ2v) is 5.21. The van der Waals surface area contributed by atoms with E-state index < -0.39 is 0 Å². The standard InChI is InChI=1S/C17H29FN2O/c1-5-16(6-2)20(10-11-21-4)17-9-8-15(18)12-14(17)13-19-7-3/h8-9,12,16,19H,5-7,10-11,13H2,1-4H3. The van der Waals surface area contributed by atoms with Gasteiger partial charge in [0.25, 0.3) is 0 Å². The summed E-state index contributed by atoms with van der Waals surface area (Å²) >= 11 is 0. The molecule has 0 aliphatic rings. The fraction of sp³-hybridized carbons (Fsp3) is 0.647. The zero-order valence-electron chi connectivity index (χ0n) is 13.8. The average molecular weight is 296 g/mol. The van der Waals surface area contributed by atoms with Crippen LogP contribution in [0.25, 0.3) is 0 Å². The molecule has 0 bridgehead atoms. The van der Waals surface area contributed by atoms with Gasteiger partial charge in [-0.25, -0.2) is 4.39 Å². The van der Waals surface area contributed by atoms with Gasteiger partial charge in [0.2, 0.25) is 0 Å². The fourth-order valence-electron chi connectivity index (χ4n) is 2.65. The molecule has 1 rings (SSSR count). The van der Waals surface area contributed by atoms with Crippen molar-refractivity contribution in [2.75, 3.05) is 31.7 Å². The molecular formula is C17H29FN2O. The number of benzene rings is 1. The minimum Gasteiger partial charge on any atom is -0.383 e. The van der Waals surface area contributed by atoms with E-state index in [1.54, 1.807) is 19.2 Å². The van der Waals surface area contributed by atoms with Crippen LogP contribution in [0.3, 0.4) is 0 Å². The van der Waals surface area contributed by atoms with Crippen molar-refractivity contribution in [1.82, 2.24) is 5.32 Å². The highest BCUT2D eigenvalue weighted by Gasteiger charge is 2.18. The van der Waals surface area contributed by atoms with Crippen LogP contribution in [-0.4, -0.2) is 32.8 Å². The van der Waals surface area contributed by atoms with Gasteiger partial charge in [0.1, 0.15) is 5.82 Å². The lowest BCUT2D eigenvalue weighted by atomic mass is 10.1. The Balaban J connectivity index is 3.08. The molecule has 0 atom stereocenters. The van der Waals surface area contributed by atoms with Gasteiger partial charge in [-0.2, -0.15) is 0 Å². The van der Waals surface area contributed by atoms with E-state index in [9.17, 15) is 4.39 Å². The topological polar surface area (TPSA) is 24.5 Å². The van der Waals surface area contributed by atoms with E-state index in [1.165, 1.54) is 0 Å². The van der Waals surface area contributed by atoms with E-state index in [0.29, 0.717) is 19.2 Å². The van der Waals surface area contributed by atoms with Crippen molar-refractivity contribution in [3.05, 3.63) is 29.6 Å². The summed E-state index contributed by atoms with van der Waals surface area (Å²) in [6.45, 7) is 9.51. The normalized spacial score (nSPS) is 11.1. The Hall–Kier alpha value is -1.13. The summed E-state index contributed by atoms with van der Waals surface area (Å²) in [6, 6.07) is 5.54. The Bertz CT molecular complexity index is 408. The number of hydrogen-bond acceptors (Lipinski definition) is 3. The first-order valence-corrected chi connectivity index (χ1v) is 7.92. The smallest absolute Gasteiger partial charge is 0.123 e. The summed E-state index contributed by atoms with van der Waals surface area (Å²) in [5.41, 5.74) is 2.13. The lowest BCUT2D eigenvalue weighted by Gasteiger charge is -2.34. The van der Waals surface area contributed by atoms with Crippen molar-refractivity contribution >= 4 is 5.69 Å². The predicted molar refractivity (Wildman–Crippen MR) is 87.4 cm³/mol. The van der Waals surface area contributed by atoms with Crippen molar-refractivity contribution in [2.24, 2.45) is 0 Å². The van der Waals surface area contributed by atoms with Gasteiger partial charge >= 0.3 is 0 Å². The van der Waals surface area contributed by atoms with E-state index in [1.807, 2.05) is 6.07 Å². The molecule has 1 aromatic carbocycles. The maximum absolute atomic E-state index is 13.6. The Labute approximate surface area is 128 Å². The second kappa shape index (κ2) is 9.74. The molecule has 0 saturated heterocycles. The van der Waals surface area contributed by atoms with Gasteiger partial charge < -0.3 is 15.0 Å². The van der Waals surface area contributed by atoms with E-state index in [0.717, 1.165) is 37.2 Å². The monoisotopic (exact) mass is 296 g/mol. The SMILES string of the molecule is CCNCc1cc(F)ccc1N(CCOC)C(CC)CC. The number of nitrogens with zero attached hydrogens (tertiary/aromatic N) is 1. The zero-order chi connectivity index (χ0) is 15.7. The summed E-state index contributed by atoms with van der Waals surface area (Å²) in [4.78, 5) is 2.36. The highest BCUT2D eigenvalue weighted by molar-refractivity contribution is 5.54. The molecule has 0 radical (unpaired) electrons. The molecule has 0 fully saturated rings. The Morgan fingerprint density at radius 2 is 1.95 bits per heavy atom. The Morgan fingerprint density at radius 1 is 1.24 bits per heavy atom. The third-order valence-corrected chi connectivity index (χ3v) is 3.84. The highest BCUT2D eigenvalue weighted by atomic mass is 19.1. The van der Waals surface area contributed by atoms with Crippen LogP contribution in [0.15, 0.2) is 18.2 Å². The third kappa shape index (κ3) is 5.29. The molecule has 3 nitrogen and oxygen atoms in total. The first-order chi connectivity index (χ1) is 10.2. The van der Waals surface area contributed by atoms with Crippen LogP contribution < -0.4 is 10.2 Å². The number of halogens is 1. The summed E-state index contributed by atoms with van der Waals surface area (Å²) < 4.78 is 18.8. The maximum Gasteiger partial charge on any atom is 0.123 e. The van der Waals surface area contributed by atoms with Gasteiger partial charge in [-0.1, -0.05) is 20.8 Å². The highest BCUT2D eigenvalue weighted by Crippen LogP contribution is 2.26. The molecule has 0 saturated carbocycles. The largest absolute Gasteiger partial charge is 0.383 e. The first-order valence-electron chi connectivity index (χ1n) is 7.92. The Morgan fingerprint density at radius 3 is 2.52 bits per heavy atom. The van der Waals surface area contributed by atoms with E-state index in [2.05, 4.69) is 31.0 Å². The van der Waals surface area contributed by atoms with Crippen molar-refractivity contribution in [2.45, 2.75) is 46.2 Å². The molecule has 0 heterocycles. The molecule has 120 valence electrons. The quantitative estimate of drug-likeness (QED) is 0.714. The number of hydrogen-bond donors (Lipinski definition) is 1. The van der Waals surface area contributed by atoms with Crippen LogP contribution in [0.2, 0.25) is 0 Å². The number of anilines is 1. The third-order valence-electron chi connectivity index (χ3n) is 3.84. The average Bonchev–Trinajstić information content (AvgIpc) is 2.50. The Kier molecular flexibility index (Phi) is 8.31. The molecule has 0 amide bonds. The van der Waals surface area contributed by atoms with Crippen molar-refractivity contribution in [3.63, 3.8) is 0 Å². The number of ether oxygens (including phenoxy) is 1. The lowest BCUT2D eigenvalue weighted by molar-refractivity contribution is 0.202. The van der Waals surface area contributed by atoms with Crippen LogP contribution in [-0.2, 0) is 11.3 Å². The summed E-state index contributed by atoms with van der Waals surface area (Å²) in [7, 11) is 1.72. The number of nitrogens with one attached hydrogen (secondary N) is 1. The predicted octanol–water partition coefficient (Wildman–Crippen LogP) is 3.58. The molecule has 0 unspecified atom stereocenters. The minimum absolute atomic E-state index is 0.178. The molecular weight excluding hydrogens is 267 g/mol. The van der Waals surface area contributed by atoms with E-state index in [-0.39, 0.29) is 5.82 Å². The zero-order valence-corrected chi connectivity index (χ0v) is 13.8. The van der Waals surface area contributed by atoms with Crippen LogP contribution in [0.4, 0.5) is 10.1 Å². The van der Waals surface area contributed by atoms with Crippen LogP contribution in [0.5, 0.6) is 0 Å². The summed E-state index contributed by atoms with van der Waals surface area (Å²) in [5, 5.41) is 3.29. The summed E-state index contributed by atoms with van der Waals surface area (Å²) in [5.74, 6) is -0.178. The molecule has 21 heavy (non-hydrogen) atoms. The summed E-state index contributed by atoms with van der Waals surface area (Å²) in [6.07, 6.45) is 2.14. The van der Waals surface area contributed by atoms with Crippen molar-refractivity contribution in [3.8, 4) is 0 Å². The first kappa shape index (κ1) is 17.9. The van der Waals surface area contributed by atoms with Crippen LogP contribution in [0.1, 0.15) is 39.2 Å². The minimum atomic E-state index is -0.178. The fourth-order valence-corrected chi connectivity index (χ4v) is 2.65. The van der Waals surface area contributed by atoms with Gasteiger partial charge in [0.05, 0.1) is 6.61 Å². The number of methoxy groups -OCH3 is 1. The molecule has 0 spiro atoms. The molecule has 1 aromatic rings. The van der Waals surface area contributed by atoms with Gasteiger partial charge in [-0.05, 0) is 43.1 Å². The molecule has 0 aliphatic heterocycles. The van der Waals surface area contributed by atoms with Gasteiger partial charge in [-0.15, -0.1) is 0 Å². The van der Waals surface area contributed by atoms with Crippen LogP contribution in [0, 0.1) is 5.82 Å². The van der Waals surface area contributed by atoms with Gasteiger partial charge in [0.15, 0.2) is 0 Å². The molecule has 0 aliphatic carbocycles. The van der Waals surface area contributed by atoms with E-state index in [4.69, 9.17) is 4.74 Å².